The van der Waals surface area contributed by atoms with Gasteiger partial charge in [-0.25, -0.2) is 9.97 Å². The van der Waals surface area contributed by atoms with E-state index in [-0.39, 0.29) is 5.54 Å². The van der Waals surface area contributed by atoms with E-state index >= 15 is 0 Å². The fourth-order valence-electron chi connectivity index (χ4n) is 3.09. The molecule has 3 heterocycles. The second kappa shape index (κ2) is 6.12. The maximum atomic E-state index is 11.9. The number of carbonyl (C=O) groups excluding carboxylic acids is 1. The molecule has 0 aliphatic heterocycles. The van der Waals surface area contributed by atoms with Crippen LogP contribution in [0.2, 0.25) is 0 Å². The van der Waals surface area contributed by atoms with E-state index in [4.69, 9.17) is 10.2 Å². The summed E-state index contributed by atoms with van der Waals surface area (Å²) in [6.45, 7) is 4.70. The summed E-state index contributed by atoms with van der Waals surface area (Å²) in [5, 5.41) is 4.04. The van der Waals surface area contributed by atoms with Gasteiger partial charge >= 0.3 is 0 Å². The van der Waals surface area contributed by atoms with Crippen LogP contribution >= 0.6 is 0 Å². The SMILES string of the molecule is Cc1oc2nc(CCCn3ccnc3)nc(NC3(C)CC3)c2c1C(N)=O. The highest BCUT2D eigenvalue weighted by molar-refractivity contribution is 6.09. The summed E-state index contributed by atoms with van der Waals surface area (Å²) < 4.78 is 7.74. The van der Waals surface area contributed by atoms with Gasteiger partial charge in [-0.2, -0.15) is 4.98 Å². The third-order valence-corrected chi connectivity index (χ3v) is 4.82. The number of nitrogens with two attached hydrogens (primary N) is 1. The number of primary amides is 1. The average molecular weight is 354 g/mol. The standard InChI is InChI=1S/C18H22N6O2/c1-11-13(15(19)25)14-16(23-18(2)5-6-18)21-12(22-17(14)26-11)4-3-8-24-9-7-20-10-24/h7,9-10H,3-6,8H2,1-2H3,(H2,19,25)(H,21,22,23). The molecule has 1 aliphatic carbocycles. The van der Waals surface area contributed by atoms with Crippen LogP contribution in [0.5, 0.6) is 0 Å². The van der Waals surface area contributed by atoms with Crippen LogP contribution in [-0.2, 0) is 13.0 Å². The number of rotatable bonds is 7. The van der Waals surface area contributed by atoms with Crippen molar-refractivity contribution in [2.24, 2.45) is 5.73 Å². The maximum absolute atomic E-state index is 11.9. The number of nitrogens with zero attached hydrogens (tertiary/aromatic N) is 4. The van der Waals surface area contributed by atoms with Crippen molar-refractivity contribution < 1.29 is 9.21 Å². The molecule has 8 heteroatoms. The Balaban J connectivity index is 1.67. The smallest absolute Gasteiger partial charge is 0.253 e. The predicted octanol–water partition coefficient (Wildman–Crippen LogP) is 2.42. The third-order valence-electron chi connectivity index (χ3n) is 4.82. The van der Waals surface area contributed by atoms with Crippen molar-refractivity contribution >= 4 is 22.8 Å². The molecule has 136 valence electrons. The van der Waals surface area contributed by atoms with Crippen LogP contribution < -0.4 is 11.1 Å². The molecule has 1 saturated carbocycles. The van der Waals surface area contributed by atoms with Gasteiger partial charge in [-0.1, -0.05) is 0 Å². The Morgan fingerprint density at radius 3 is 2.88 bits per heavy atom. The zero-order valence-electron chi connectivity index (χ0n) is 15.0. The molecule has 0 aromatic carbocycles. The Morgan fingerprint density at radius 1 is 1.42 bits per heavy atom. The van der Waals surface area contributed by atoms with E-state index in [9.17, 15) is 4.79 Å². The Kier molecular flexibility index (Phi) is 3.90. The van der Waals surface area contributed by atoms with Crippen molar-refractivity contribution in [3.63, 3.8) is 0 Å². The minimum atomic E-state index is -0.526. The van der Waals surface area contributed by atoms with Crippen LogP contribution in [0.15, 0.2) is 23.1 Å². The number of anilines is 1. The molecule has 26 heavy (non-hydrogen) atoms. The van der Waals surface area contributed by atoms with Gasteiger partial charge in [-0.15, -0.1) is 0 Å². The van der Waals surface area contributed by atoms with Crippen molar-refractivity contribution in [1.29, 1.82) is 0 Å². The van der Waals surface area contributed by atoms with Crippen molar-refractivity contribution in [1.82, 2.24) is 19.5 Å². The fourth-order valence-corrected chi connectivity index (χ4v) is 3.09. The van der Waals surface area contributed by atoms with Crippen molar-refractivity contribution in [2.75, 3.05) is 5.32 Å². The van der Waals surface area contributed by atoms with Crippen molar-refractivity contribution in [3.05, 3.63) is 35.9 Å². The normalized spacial score (nSPS) is 15.3. The lowest BCUT2D eigenvalue weighted by Crippen LogP contribution is -2.19. The van der Waals surface area contributed by atoms with Gasteiger partial charge in [0.1, 0.15) is 17.4 Å². The van der Waals surface area contributed by atoms with Crippen LogP contribution in [-0.4, -0.2) is 31.0 Å². The number of furan rings is 1. The number of nitrogens with one attached hydrogen (secondary N) is 1. The minimum absolute atomic E-state index is 0.00938. The number of aromatic nitrogens is 4. The molecule has 8 nitrogen and oxygen atoms in total. The highest BCUT2D eigenvalue weighted by Gasteiger charge is 2.38. The van der Waals surface area contributed by atoms with Crippen LogP contribution in [0, 0.1) is 6.92 Å². The third kappa shape index (κ3) is 3.14. The summed E-state index contributed by atoms with van der Waals surface area (Å²) >= 11 is 0. The number of fused-ring (bicyclic) bond motifs is 1. The molecule has 1 fully saturated rings. The summed E-state index contributed by atoms with van der Waals surface area (Å²) in [4.78, 5) is 25.1. The zero-order chi connectivity index (χ0) is 18.3. The number of imidazole rings is 1. The Labute approximate surface area is 150 Å². The number of hydrogen-bond donors (Lipinski definition) is 2. The van der Waals surface area contributed by atoms with E-state index < -0.39 is 5.91 Å². The lowest BCUT2D eigenvalue weighted by Gasteiger charge is -2.14. The predicted molar refractivity (Wildman–Crippen MR) is 96.9 cm³/mol. The van der Waals surface area contributed by atoms with Gasteiger partial charge in [0, 0.05) is 30.9 Å². The molecule has 0 bridgehead atoms. The highest BCUT2D eigenvalue weighted by Crippen LogP contribution is 2.40. The molecule has 3 aromatic heterocycles. The lowest BCUT2D eigenvalue weighted by atomic mass is 10.1. The maximum Gasteiger partial charge on any atom is 0.253 e. The van der Waals surface area contributed by atoms with Crippen LogP contribution in [0.3, 0.4) is 0 Å². The average Bonchev–Trinajstić information content (AvgIpc) is 2.98. The Bertz CT molecular complexity index is 956. The van der Waals surface area contributed by atoms with Gasteiger partial charge in [0.25, 0.3) is 5.91 Å². The van der Waals surface area contributed by atoms with E-state index in [1.54, 1.807) is 19.4 Å². The summed E-state index contributed by atoms with van der Waals surface area (Å²) in [5.74, 6) is 1.27. The highest BCUT2D eigenvalue weighted by atomic mass is 16.3. The largest absolute Gasteiger partial charge is 0.442 e. The molecule has 4 rings (SSSR count). The van der Waals surface area contributed by atoms with Gasteiger partial charge in [-0.05, 0) is 33.1 Å². The molecule has 0 atom stereocenters. The summed E-state index contributed by atoms with van der Waals surface area (Å²) in [6.07, 6.45) is 9.19. The lowest BCUT2D eigenvalue weighted by molar-refractivity contribution is 0.1000. The molecule has 3 N–H and O–H groups in total. The zero-order valence-corrected chi connectivity index (χ0v) is 15.0. The van der Waals surface area contributed by atoms with Crippen molar-refractivity contribution in [3.8, 4) is 0 Å². The van der Waals surface area contributed by atoms with E-state index in [0.29, 0.717) is 40.5 Å². The molecule has 0 unspecified atom stereocenters. The van der Waals surface area contributed by atoms with E-state index in [2.05, 4.69) is 27.2 Å². The van der Waals surface area contributed by atoms with Gasteiger partial charge in [0.05, 0.1) is 17.3 Å². The molecule has 0 saturated heterocycles. The molecular formula is C18H22N6O2. The van der Waals surface area contributed by atoms with Crippen LogP contribution in [0.4, 0.5) is 5.82 Å². The first-order valence-corrected chi connectivity index (χ1v) is 8.79. The Hall–Kier alpha value is -2.90. The number of hydrogen-bond acceptors (Lipinski definition) is 6. The van der Waals surface area contributed by atoms with E-state index in [0.717, 1.165) is 25.8 Å². The van der Waals surface area contributed by atoms with Crippen LogP contribution in [0.25, 0.3) is 11.1 Å². The second-order valence-corrected chi connectivity index (χ2v) is 7.16. The van der Waals surface area contributed by atoms with Gasteiger partial charge in [0.15, 0.2) is 0 Å². The molecular weight excluding hydrogens is 332 g/mol. The monoisotopic (exact) mass is 354 g/mol. The van der Waals surface area contributed by atoms with Gasteiger partial charge < -0.3 is 20.0 Å². The van der Waals surface area contributed by atoms with E-state index in [1.165, 1.54) is 0 Å². The van der Waals surface area contributed by atoms with Crippen molar-refractivity contribution in [2.45, 2.75) is 51.6 Å². The second-order valence-electron chi connectivity index (χ2n) is 7.16. The Morgan fingerprint density at radius 2 is 2.23 bits per heavy atom. The van der Waals surface area contributed by atoms with E-state index in [1.807, 2.05) is 10.8 Å². The van der Waals surface area contributed by atoms with Gasteiger partial charge in [-0.3, -0.25) is 4.79 Å². The molecule has 0 spiro atoms. The molecule has 1 amide bonds. The first-order valence-electron chi connectivity index (χ1n) is 8.79. The first kappa shape index (κ1) is 16.6. The fraction of sp³-hybridized carbons (Fsp3) is 0.444. The van der Waals surface area contributed by atoms with Gasteiger partial charge in [0.2, 0.25) is 5.71 Å². The quantitative estimate of drug-likeness (QED) is 0.674. The van der Waals surface area contributed by atoms with Crippen LogP contribution in [0.1, 0.15) is 48.1 Å². The molecule has 0 radical (unpaired) electrons. The molecule has 1 aliphatic rings. The first-order chi connectivity index (χ1) is 12.5. The number of carbonyl (C=O) groups is 1. The summed E-state index contributed by atoms with van der Waals surface area (Å²) in [6, 6.07) is 0. The number of amides is 1. The molecule has 3 aromatic rings. The topological polar surface area (TPSA) is 112 Å². The summed E-state index contributed by atoms with van der Waals surface area (Å²) in [5.41, 5.74) is 6.34. The minimum Gasteiger partial charge on any atom is -0.442 e. The number of aryl methyl sites for hydroxylation is 3. The summed E-state index contributed by atoms with van der Waals surface area (Å²) in [7, 11) is 0.